The van der Waals surface area contributed by atoms with Crippen LogP contribution in [0.1, 0.15) is 51.0 Å². The molecule has 0 radical (unpaired) electrons. The molecule has 1 saturated heterocycles. The largest absolute Gasteiger partial charge is 0.492 e. The predicted octanol–water partition coefficient (Wildman–Crippen LogP) is 4.73. The van der Waals surface area contributed by atoms with Crippen molar-refractivity contribution < 1.29 is 4.74 Å². The van der Waals surface area contributed by atoms with E-state index in [1.54, 1.807) is 0 Å². The number of hydrogen-bond donors (Lipinski definition) is 1. The average molecular weight is 340 g/mol. The summed E-state index contributed by atoms with van der Waals surface area (Å²) in [4.78, 5) is 0. The summed E-state index contributed by atoms with van der Waals surface area (Å²) < 4.78 is 7.01. The molecule has 0 saturated carbocycles. The van der Waals surface area contributed by atoms with Gasteiger partial charge in [0.1, 0.15) is 5.75 Å². The second kappa shape index (κ2) is 8.04. The van der Waals surface area contributed by atoms with Gasteiger partial charge in [-0.25, -0.2) is 0 Å². The Bertz CT molecular complexity index is 415. The molecular formula is C17H26BrNO. The van der Waals surface area contributed by atoms with Crippen molar-refractivity contribution in [2.75, 3.05) is 19.7 Å². The van der Waals surface area contributed by atoms with Crippen LogP contribution < -0.4 is 10.1 Å². The Morgan fingerprint density at radius 2 is 2.30 bits per heavy atom. The molecule has 0 aliphatic carbocycles. The monoisotopic (exact) mass is 339 g/mol. The molecule has 1 fully saturated rings. The zero-order chi connectivity index (χ0) is 14.4. The van der Waals surface area contributed by atoms with Gasteiger partial charge in [0.2, 0.25) is 0 Å². The molecule has 1 N–H and O–H groups in total. The lowest BCUT2D eigenvalue weighted by atomic mass is 9.97. The highest BCUT2D eigenvalue weighted by Gasteiger charge is 2.13. The number of rotatable bonds is 6. The van der Waals surface area contributed by atoms with Crippen molar-refractivity contribution in [2.45, 2.75) is 45.4 Å². The topological polar surface area (TPSA) is 21.3 Å². The molecule has 20 heavy (non-hydrogen) atoms. The maximum Gasteiger partial charge on any atom is 0.133 e. The Morgan fingerprint density at radius 3 is 2.95 bits per heavy atom. The molecule has 0 bridgehead atoms. The lowest BCUT2D eigenvalue weighted by Gasteiger charge is -2.22. The van der Waals surface area contributed by atoms with Gasteiger partial charge in [0.15, 0.2) is 0 Å². The third-order valence-electron chi connectivity index (χ3n) is 4.32. The standard InChI is InChI=1S/C17H26BrNO/c1-3-13(2)15-6-7-17(16(18)11-15)20-10-8-14-5-4-9-19-12-14/h6-7,11,13-14,19H,3-5,8-10,12H2,1-2H3/t13-,14-/m1/s1. The van der Waals surface area contributed by atoms with E-state index in [1.807, 2.05) is 0 Å². The van der Waals surface area contributed by atoms with Crippen LogP contribution in [0.5, 0.6) is 5.75 Å². The third-order valence-corrected chi connectivity index (χ3v) is 4.94. The number of ether oxygens (including phenoxy) is 1. The Labute approximate surface area is 131 Å². The van der Waals surface area contributed by atoms with Gasteiger partial charge >= 0.3 is 0 Å². The van der Waals surface area contributed by atoms with E-state index in [0.717, 1.165) is 35.7 Å². The highest BCUT2D eigenvalue weighted by atomic mass is 79.9. The summed E-state index contributed by atoms with van der Waals surface area (Å²) in [5.41, 5.74) is 1.38. The minimum absolute atomic E-state index is 0.605. The number of hydrogen-bond acceptors (Lipinski definition) is 2. The fraction of sp³-hybridized carbons (Fsp3) is 0.647. The summed E-state index contributed by atoms with van der Waals surface area (Å²) in [7, 11) is 0. The van der Waals surface area contributed by atoms with Crippen LogP contribution in [-0.4, -0.2) is 19.7 Å². The molecule has 0 spiro atoms. The first-order valence-corrected chi connectivity index (χ1v) is 8.63. The van der Waals surface area contributed by atoms with Crippen molar-refractivity contribution in [3.8, 4) is 5.75 Å². The van der Waals surface area contributed by atoms with Crippen molar-refractivity contribution in [3.63, 3.8) is 0 Å². The molecule has 1 aromatic rings. The van der Waals surface area contributed by atoms with Crippen LogP contribution >= 0.6 is 15.9 Å². The SMILES string of the molecule is CC[C@@H](C)c1ccc(OCC[C@H]2CCCNC2)c(Br)c1. The summed E-state index contributed by atoms with van der Waals surface area (Å²) in [6.07, 6.45) is 4.95. The Hall–Kier alpha value is -0.540. The average Bonchev–Trinajstić information content (AvgIpc) is 2.49. The van der Waals surface area contributed by atoms with Gasteiger partial charge in [0.05, 0.1) is 11.1 Å². The van der Waals surface area contributed by atoms with Crippen LogP contribution in [0.25, 0.3) is 0 Å². The lowest BCUT2D eigenvalue weighted by molar-refractivity contribution is 0.253. The smallest absolute Gasteiger partial charge is 0.133 e. The van der Waals surface area contributed by atoms with Gasteiger partial charge in [-0.3, -0.25) is 0 Å². The normalized spacial score (nSPS) is 20.6. The van der Waals surface area contributed by atoms with E-state index in [2.05, 4.69) is 53.3 Å². The summed E-state index contributed by atoms with van der Waals surface area (Å²) in [6.45, 7) is 7.63. The lowest BCUT2D eigenvalue weighted by Crippen LogP contribution is -2.30. The molecule has 0 aromatic heterocycles. The first-order valence-electron chi connectivity index (χ1n) is 7.83. The number of halogens is 1. The summed E-state index contributed by atoms with van der Waals surface area (Å²) >= 11 is 3.63. The van der Waals surface area contributed by atoms with Crippen LogP contribution in [0.2, 0.25) is 0 Å². The van der Waals surface area contributed by atoms with Crippen LogP contribution in [0.4, 0.5) is 0 Å². The van der Waals surface area contributed by atoms with E-state index in [1.165, 1.54) is 31.4 Å². The summed E-state index contributed by atoms with van der Waals surface area (Å²) in [5, 5.41) is 3.46. The zero-order valence-corrected chi connectivity index (χ0v) is 14.2. The van der Waals surface area contributed by atoms with Gasteiger partial charge in [-0.2, -0.15) is 0 Å². The quantitative estimate of drug-likeness (QED) is 0.808. The third kappa shape index (κ3) is 4.49. The first-order chi connectivity index (χ1) is 9.70. The van der Waals surface area contributed by atoms with Gasteiger partial charge in [0.25, 0.3) is 0 Å². The molecule has 0 amide bonds. The summed E-state index contributed by atoms with van der Waals surface area (Å²) in [6, 6.07) is 6.49. The minimum atomic E-state index is 0.605. The van der Waals surface area contributed by atoms with Gasteiger partial charge in [-0.15, -0.1) is 0 Å². The van der Waals surface area contributed by atoms with Crippen molar-refractivity contribution >= 4 is 15.9 Å². The Balaban J connectivity index is 1.83. The molecule has 112 valence electrons. The van der Waals surface area contributed by atoms with Gasteiger partial charge in [-0.05, 0) is 84.2 Å². The molecule has 2 rings (SSSR count). The number of nitrogens with one attached hydrogen (secondary N) is 1. The Kier molecular flexibility index (Phi) is 6.37. The molecule has 1 aliphatic heterocycles. The fourth-order valence-electron chi connectivity index (χ4n) is 2.68. The number of piperidine rings is 1. The van der Waals surface area contributed by atoms with E-state index >= 15 is 0 Å². The van der Waals surface area contributed by atoms with Crippen molar-refractivity contribution in [3.05, 3.63) is 28.2 Å². The van der Waals surface area contributed by atoms with Gasteiger partial charge < -0.3 is 10.1 Å². The highest BCUT2D eigenvalue weighted by Crippen LogP contribution is 2.30. The van der Waals surface area contributed by atoms with E-state index < -0.39 is 0 Å². The maximum absolute atomic E-state index is 5.93. The van der Waals surface area contributed by atoms with Crippen LogP contribution in [0.15, 0.2) is 22.7 Å². The van der Waals surface area contributed by atoms with E-state index in [-0.39, 0.29) is 0 Å². The molecular weight excluding hydrogens is 314 g/mol. The highest BCUT2D eigenvalue weighted by molar-refractivity contribution is 9.10. The van der Waals surface area contributed by atoms with Crippen LogP contribution in [-0.2, 0) is 0 Å². The fourth-order valence-corrected chi connectivity index (χ4v) is 3.19. The zero-order valence-electron chi connectivity index (χ0n) is 12.6. The second-order valence-corrected chi connectivity index (χ2v) is 6.70. The van der Waals surface area contributed by atoms with E-state index in [9.17, 15) is 0 Å². The second-order valence-electron chi connectivity index (χ2n) is 5.85. The molecule has 1 aliphatic rings. The molecule has 1 heterocycles. The number of benzene rings is 1. The van der Waals surface area contributed by atoms with Crippen molar-refractivity contribution in [2.24, 2.45) is 5.92 Å². The summed E-state index contributed by atoms with van der Waals surface area (Å²) in [5.74, 6) is 2.36. The molecule has 0 unspecified atom stereocenters. The van der Waals surface area contributed by atoms with E-state index in [4.69, 9.17) is 4.74 Å². The van der Waals surface area contributed by atoms with Crippen LogP contribution in [0, 0.1) is 5.92 Å². The van der Waals surface area contributed by atoms with E-state index in [0.29, 0.717) is 5.92 Å². The van der Waals surface area contributed by atoms with Gasteiger partial charge in [0, 0.05) is 0 Å². The van der Waals surface area contributed by atoms with Crippen molar-refractivity contribution in [1.82, 2.24) is 5.32 Å². The Morgan fingerprint density at radius 1 is 1.45 bits per heavy atom. The molecule has 1 aromatic carbocycles. The van der Waals surface area contributed by atoms with Crippen LogP contribution in [0.3, 0.4) is 0 Å². The van der Waals surface area contributed by atoms with Gasteiger partial charge in [-0.1, -0.05) is 19.9 Å². The maximum atomic E-state index is 5.93. The molecule has 2 atom stereocenters. The minimum Gasteiger partial charge on any atom is -0.492 e. The first kappa shape index (κ1) is 15.8. The molecule has 3 heteroatoms. The molecule has 2 nitrogen and oxygen atoms in total. The van der Waals surface area contributed by atoms with Crippen molar-refractivity contribution in [1.29, 1.82) is 0 Å². The predicted molar refractivity (Wildman–Crippen MR) is 88.6 cm³/mol.